The molecule has 2 aromatic rings. The van der Waals surface area contributed by atoms with E-state index in [-0.39, 0.29) is 17.9 Å². The number of benzene rings is 1. The van der Waals surface area contributed by atoms with E-state index in [4.69, 9.17) is 0 Å². The number of amides is 2. The molecule has 1 aromatic carbocycles. The molecule has 1 aliphatic heterocycles. The van der Waals surface area contributed by atoms with Crippen molar-refractivity contribution in [2.24, 2.45) is 0 Å². The van der Waals surface area contributed by atoms with E-state index >= 15 is 0 Å². The zero-order valence-corrected chi connectivity index (χ0v) is 15.6. The Balaban J connectivity index is 1.84. The molecule has 2 heterocycles. The van der Waals surface area contributed by atoms with Gasteiger partial charge in [-0.15, -0.1) is 17.9 Å². The third-order valence-corrected chi connectivity index (χ3v) is 5.70. The second-order valence-electron chi connectivity index (χ2n) is 6.15. The summed E-state index contributed by atoms with van der Waals surface area (Å²) in [6, 6.07) is 11.4. The van der Waals surface area contributed by atoms with E-state index in [2.05, 4.69) is 17.2 Å². The first-order valence-electron chi connectivity index (χ1n) is 8.72. The van der Waals surface area contributed by atoms with Crippen LogP contribution in [0.3, 0.4) is 0 Å². The number of carbonyl (C=O) groups is 2. The monoisotopic (exact) mass is 369 g/mol. The summed E-state index contributed by atoms with van der Waals surface area (Å²) < 4.78 is 0. The van der Waals surface area contributed by atoms with Crippen LogP contribution in [-0.2, 0) is 0 Å². The highest BCUT2D eigenvalue weighted by Gasteiger charge is 2.32. The van der Waals surface area contributed by atoms with Gasteiger partial charge in [0.2, 0.25) is 0 Å². The lowest BCUT2D eigenvalue weighted by Gasteiger charge is -2.25. The van der Waals surface area contributed by atoms with Gasteiger partial charge in [-0.1, -0.05) is 18.2 Å². The molecule has 1 saturated heterocycles. The molecular weight excluding hydrogens is 346 g/mol. The van der Waals surface area contributed by atoms with Crippen molar-refractivity contribution in [2.75, 3.05) is 25.5 Å². The van der Waals surface area contributed by atoms with Gasteiger partial charge in [-0.3, -0.25) is 9.59 Å². The molecule has 2 N–H and O–H groups in total. The quantitative estimate of drug-likeness (QED) is 0.764. The summed E-state index contributed by atoms with van der Waals surface area (Å²) in [6.45, 7) is 5.05. The number of carbonyl (C=O) groups excluding carboxylic acids is 2. The Morgan fingerprint density at radius 3 is 2.88 bits per heavy atom. The molecule has 1 aliphatic rings. The van der Waals surface area contributed by atoms with Crippen molar-refractivity contribution >= 4 is 28.8 Å². The smallest absolute Gasteiger partial charge is 0.261 e. The van der Waals surface area contributed by atoms with E-state index in [9.17, 15) is 9.59 Å². The van der Waals surface area contributed by atoms with Crippen LogP contribution < -0.4 is 10.6 Å². The first-order chi connectivity index (χ1) is 12.7. The number of hydrogen-bond acceptors (Lipinski definition) is 4. The van der Waals surface area contributed by atoms with Crippen LogP contribution in [0.25, 0.3) is 0 Å². The summed E-state index contributed by atoms with van der Waals surface area (Å²) in [5, 5.41) is 5.88. The van der Waals surface area contributed by atoms with Gasteiger partial charge in [0.25, 0.3) is 11.8 Å². The van der Waals surface area contributed by atoms with Gasteiger partial charge in [-0.05, 0) is 37.1 Å². The number of nitrogens with zero attached hydrogens (tertiary/aromatic N) is 1. The molecule has 2 amide bonds. The number of anilines is 1. The van der Waals surface area contributed by atoms with Crippen LogP contribution in [-0.4, -0.2) is 36.9 Å². The topological polar surface area (TPSA) is 61.4 Å². The second-order valence-corrected chi connectivity index (χ2v) is 7.27. The third-order valence-electron chi connectivity index (χ3n) is 4.51. The van der Waals surface area contributed by atoms with Crippen LogP contribution in [0.15, 0.2) is 49.1 Å². The summed E-state index contributed by atoms with van der Waals surface area (Å²) in [5.74, 6) is -0.0642. The largest absolute Gasteiger partial charge is 0.381 e. The summed E-state index contributed by atoms with van der Waals surface area (Å²) in [4.78, 5) is 28.7. The highest BCUT2D eigenvalue weighted by molar-refractivity contribution is 7.14. The highest BCUT2D eigenvalue weighted by Crippen LogP contribution is 2.37. The van der Waals surface area contributed by atoms with Gasteiger partial charge in [0.05, 0.1) is 16.5 Å². The number of thiophene rings is 1. The van der Waals surface area contributed by atoms with Crippen LogP contribution in [0.4, 0.5) is 5.69 Å². The maximum absolute atomic E-state index is 13.2. The molecule has 1 unspecified atom stereocenters. The average molecular weight is 369 g/mol. The SMILES string of the molecule is C=CCNc1ccccc1C(=O)N1CCCC1c1ccc(C(=O)NC)s1. The Bertz CT molecular complexity index is 815. The molecule has 6 heteroatoms. The zero-order valence-electron chi connectivity index (χ0n) is 14.8. The number of nitrogens with one attached hydrogen (secondary N) is 2. The van der Waals surface area contributed by atoms with Gasteiger partial charge in [-0.25, -0.2) is 0 Å². The molecule has 5 nitrogen and oxygen atoms in total. The predicted octanol–water partition coefficient (Wildman–Crippen LogP) is 3.68. The van der Waals surface area contributed by atoms with Crippen LogP contribution in [0.2, 0.25) is 0 Å². The number of likely N-dealkylation sites (tertiary alicyclic amines) is 1. The van der Waals surface area contributed by atoms with Gasteiger partial charge < -0.3 is 15.5 Å². The number of para-hydroxylation sites is 1. The van der Waals surface area contributed by atoms with Crippen molar-refractivity contribution in [3.63, 3.8) is 0 Å². The molecule has 1 atom stereocenters. The molecule has 1 aromatic heterocycles. The van der Waals surface area contributed by atoms with Gasteiger partial charge in [-0.2, -0.15) is 0 Å². The molecule has 26 heavy (non-hydrogen) atoms. The highest BCUT2D eigenvalue weighted by atomic mass is 32.1. The van der Waals surface area contributed by atoms with Gasteiger partial charge in [0.1, 0.15) is 0 Å². The Hall–Kier alpha value is -2.60. The average Bonchev–Trinajstić information content (AvgIpc) is 3.34. The lowest BCUT2D eigenvalue weighted by atomic mass is 10.1. The second kappa shape index (κ2) is 8.19. The van der Waals surface area contributed by atoms with Crippen molar-refractivity contribution in [1.82, 2.24) is 10.2 Å². The fraction of sp³-hybridized carbons (Fsp3) is 0.300. The summed E-state index contributed by atoms with van der Waals surface area (Å²) in [7, 11) is 1.63. The van der Waals surface area contributed by atoms with Gasteiger partial charge in [0, 0.05) is 30.7 Å². The number of rotatable bonds is 6. The molecule has 1 fully saturated rings. The molecule has 0 saturated carbocycles. The predicted molar refractivity (Wildman–Crippen MR) is 106 cm³/mol. The Morgan fingerprint density at radius 1 is 1.31 bits per heavy atom. The van der Waals surface area contributed by atoms with E-state index in [0.29, 0.717) is 17.0 Å². The first-order valence-corrected chi connectivity index (χ1v) is 9.54. The molecule has 0 bridgehead atoms. The van der Waals surface area contributed by atoms with E-state index < -0.39 is 0 Å². The minimum atomic E-state index is -0.0869. The van der Waals surface area contributed by atoms with E-state index in [0.717, 1.165) is 30.0 Å². The third kappa shape index (κ3) is 3.65. The summed E-state index contributed by atoms with van der Waals surface area (Å²) in [5.41, 5.74) is 1.49. The maximum Gasteiger partial charge on any atom is 0.261 e. The standard InChI is InChI=1S/C20H23N3O2S/c1-3-12-22-15-8-5-4-7-14(15)20(25)23-13-6-9-16(23)17-10-11-18(26-17)19(24)21-2/h3-5,7-8,10-11,16,22H,1,6,9,12-13H2,2H3,(H,21,24). The van der Waals surface area contributed by atoms with Crippen molar-refractivity contribution in [3.8, 4) is 0 Å². The van der Waals surface area contributed by atoms with Crippen LogP contribution in [0.1, 0.15) is 43.8 Å². The fourth-order valence-corrected chi connectivity index (χ4v) is 4.35. The Labute approximate surface area is 157 Å². The van der Waals surface area contributed by atoms with E-state index in [1.807, 2.05) is 41.3 Å². The fourth-order valence-electron chi connectivity index (χ4n) is 3.24. The molecule has 0 radical (unpaired) electrons. The van der Waals surface area contributed by atoms with Crippen molar-refractivity contribution in [3.05, 3.63) is 64.4 Å². The Morgan fingerprint density at radius 2 is 2.12 bits per heavy atom. The van der Waals surface area contributed by atoms with Crippen LogP contribution >= 0.6 is 11.3 Å². The molecule has 0 spiro atoms. The first kappa shape index (κ1) is 18.2. The number of hydrogen-bond donors (Lipinski definition) is 2. The van der Waals surface area contributed by atoms with Gasteiger partial charge >= 0.3 is 0 Å². The van der Waals surface area contributed by atoms with Crippen molar-refractivity contribution < 1.29 is 9.59 Å². The minimum absolute atomic E-state index is 0.0227. The van der Waals surface area contributed by atoms with E-state index in [1.165, 1.54) is 11.3 Å². The van der Waals surface area contributed by atoms with Crippen LogP contribution in [0.5, 0.6) is 0 Å². The van der Waals surface area contributed by atoms with Crippen molar-refractivity contribution in [1.29, 1.82) is 0 Å². The lowest BCUT2D eigenvalue weighted by Crippen LogP contribution is -2.30. The molecule has 136 valence electrons. The normalized spacial score (nSPS) is 16.3. The summed E-state index contributed by atoms with van der Waals surface area (Å²) >= 11 is 1.46. The van der Waals surface area contributed by atoms with E-state index in [1.54, 1.807) is 13.1 Å². The van der Waals surface area contributed by atoms with Crippen molar-refractivity contribution in [2.45, 2.75) is 18.9 Å². The molecule has 3 rings (SSSR count). The summed E-state index contributed by atoms with van der Waals surface area (Å²) in [6.07, 6.45) is 3.65. The molecular formula is C20H23N3O2S. The van der Waals surface area contributed by atoms with Crippen LogP contribution in [0, 0.1) is 0 Å². The minimum Gasteiger partial charge on any atom is -0.381 e. The zero-order chi connectivity index (χ0) is 18.5. The molecule has 0 aliphatic carbocycles. The Kier molecular flexibility index (Phi) is 5.73. The lowest BCUT2D eigenvalue weighted by molar-refractivity contribution is 0.0738. The van der Waals surface area contributed by atoms with Gasteiger partial charge in [0.15, 0.2) is 0 Å². The maximum atomic E-state index is 13.2.